The monoisotopic (exact) mass is 393 g/mol. The molecule has 2 rings (SSSR count). The summed E-state index contributed by atoms with van der Waals surface area (Å²) in [5.74, 6) is -0.0567. The van der Waals surface area contributed by atoms with Crippen molar-refractivity contribution in [3.05, 3.63) is 63.2 Å². The van der Waals surface area contributed by atoms with Crippen LogP contribution in [0.3, 0.4) is 0 Å². The van der Waals surface area contributed by atoms with E-state index in [1.165, 1.54) is 24.8 Å². The van der Waals surface area contributed by atoms with Crippen molar-refractivity contribution < 1.29 is 4.79 Å². The van der Waals surface area contributed by atoms with Crippen LogP contribution in [0.2, 0.25) is 0 Å². The summed E-state index contributed by atoms with van der Waals surface area (Å²) >= 11 is 2.18. The number of unbranched alkanes of at least 4 members (excludes halogenated alkanes) is 2. The van der Waals surface area contributed by atoms with E-state index in [2.05, 4.69) is 47.0 Å². The number of aryl methyl sites for hydroxylation is 1. The van der Waals surface area contributed by atoms with Crippen LogP contribution < -0.4 is 5.32 Å². The number of carbonyl (C=O) groups is 1. The van der Waals surface area contributed by atoms with Gasteiger partial charge in [0.25, 0.3) is 5.91 Å². The largest absolute Gasteiger partial charge is 0.322 e. The zero-order valence-electron chi connectivity index (χ0n) is 12.2. The zero-order chi connectivity index (χ0) is 15.1. The van der Waals surface area contributed by atoms with Gasteiger partial charge in [0.15, 0.2) is 0 Å². The van der Waals surface area contributed by atoms with Gasteiger partial charge in [0.05, 0.1) is 5.56 Å². The van der Waals surface area contributed by atoms with Gasteiger partial charge in [-0.05, 0) is 65.3 Å². The molecular formula is C18H20INO. The lowest BCUT2D eigenvalue weighted by molar-refractivity contribution is 0.102. The van der Waals surface area contributed by atoms with Crippen LogP contribution in [0.25, 0.3) is 0 Å². The molecule has 2 aromatic carbocycles. The van der Waals surface area contributed by atoms with Gasteiger partial charge in [-0.25, -0.2) is 0 Å². The lowest BCUT2D eigenvalue weighted by atomic mass is 10.1. The molecule has 0 spiro atoms. The van der Waals surface area contributed by atoms with Crippen molar-refractivity contribution in [1.29, 1.82) is 0 Å². The van der Waals surface area contributed by atoms with Crippen LogP contribution in [0.5, 0.6) is 0 Å². The van der Waals surface area contributed by atoms with Crippen LogP contribution in [0.4, 0.5) is 5.69 Å². The van der Waals surface area contributed by atoms with Crippen molar-refractivity contribution in [2.75, 3.05) is 5.32 Å². The van der Waals surface area contributed by atoms with E-state index in [1.54, 1.807) is 0 Å². The second-order valence-electron chi connectivity index (χ2n) is 5.09. The molecule has 0 aliphatic heterocycles. The molecule has 2 nitrogen and oxygen atoms in total. The van der Waals surface area contributed by atoms with Crippen molar-refractivity contribution in [2.24, 2.45) is 0 Å². The standard InChI is InChI=1S/C18H20INO/c1-2-3-4-7-14-10-12-15(13-11-14)20-18(21)16-8-5-6-9-17(16)19/h5-6,8-13H,2-4,7H2,1H3,(H,20,21). The molecule has 1 N–H and O–H groups in total. The first-order valence-electron chi connectivity index (χ1n) is 7.35. The summed E-state index contributed by atoms with van der Waals surface area (Å²) in [4.78, 5) is 12.2. The minimum atomic E-state index is -0.0567. The number of rotatable bonds is 6. The van der Waals surface area contributed by atoms with Gasteiger partial charge in [-0.1, -0.05) is 44.0 Å². The van der Waals surface area contributed by atoms with Crippen LogP contribution in [-0.4, -0.2) is 5.91 Å². The van der Waals surface area contributed by atoms with Crippen molar-refractivity contribution in [2.45, 2.75) is 32.6 Å². The summed E-state index contributed by atoms with van der Waals surface area (Å²) < 4.78 is 0.962. The maximum atomic E-state index is 12.2. The van der Waals surface area contributed by atoms with Crippen LogP contribution >= 0.6 is 22.6 Å². The molecule has 21 heavy (non-hydrogen) atoms. The average Bonchev–Trinajstić information content (AvgIpc) is 2.49. The van der Waals surface area contributed by atoms with E-state index in [0.29, 0.717) is 5.56 Å². The summed E-state index contributed by atoms with van der Waals surface area (Å²) in [6.45, 7) is 2.21. The molecule has 0 aromatic heterocycles. The number of hydrogen-bond acceptors (Lipinski definition) is 1. The highest BCUT2D eigenvalue weighted by Crippen LogP contribution is 2.16. The molecule has 0 aliphatic rings. The second-order valence-corrected chi connectivity index (χ2v) is 6.25. The zero-order valence-corrected chi connectivity index (χ0v) is 14.4. The molecule has 0 radical (unpaired) electrons. The third-order valence-corrected chi connectivity index (χ3v) is 4.34. The van der Waals surface area contributed by atoms with Crippen LogP contribution in [0, 0.1) is 3.57 Å². The maximum absolute atomic E-state index is 12.2. The second kappa shape index (κ2) is 8.17. The average molecular weight is 393 g/mol. The van der Waals surface area contributed by atoms with Gasteiger partial charge in [0.2, 0.25) is 0 Å². The highest BCUT2D eigenvalue weighted by atomic mass is 127. The highest BCUT2D eigenvalue weighted by Gasteiger charge is 2.09. The number of carbonyl (C=O) groups excluding carboxylic acids is 1. The van der Waals surface area contributed by atoms with E-state index in [4.69, 9.17) is 0 Å². The summed E-state index contributed by atoms with van der Waals surface area (Å²) in [5, 5.41) is 2.95. The van der Waals surface area contributed by atoms with E-state index in [9.17, 15) is 4.79 Å². The number of nitrogens with one attached hydrogen (secondary N) is 1. The van der Waals surface area contributed by atoms with E-state index < -0.39 is 0 Å². The van der Waals surface area contributed by atoms with E-state index in [0.717, 1.165) is 15.7 Å². The molecule has 0 unspecified atom stereocenters. The maximum Gasteiger partial charge on any atom is 0.256 e. The lowest BCUT2D eigenvalue weighted by Crippen LogP contribution is -2.13. The van der Waals surface area contributed by atoms with E-state index in [1.807, 2.05) is 36.4 Å². The number of amides is 1. The van der Waals surface area contributed by atoms with Gasteiger partial charge < -0.3 is 5.32 Å². The topological polar surface area (TPSA) is 29.1 Å². The molecule has 0 saturated heterocycles. The van der Waals surface area contributed by atoms with Gasteiger partial charge in [-0.15, -0.1) is 0 Å². The first-order chi connectivity index (χ1) is 10.2. The fourth-order valence-electron chi connectivity index (χ4n) is 2.18. The minimum Gasteiger partial charge on any atom is -0.322 e. The Morgan fingerprint density at radius 1 is 1.05 bits per heavy atom. The quantitative estimate of drug-likeness (QED) is 0.525. The first-order valence-corrected chi connectivity index (χ1v) is 8.43. The van der Waals surface area contributed by atoms with Crippen molar-refractivity contribution >= 4 is 34.2 Å². The Labute approximate surface area is 140 Å². The molecule has 2 aromatic rings. The van der Waals surface area contributed by atoms with Crippen molar-refractivity contribution in [3.63, 3.8) is 0 Å². The molecule has 110 valence electrons. The molecule has 0 heterocycles. The van der Waals surface area contributed by atoms with E-state index >= 15 is 0 Å². The van der Waals surface area contributed by atoms with Gasteiger partial charge in [-0.3, -0.25) is 4.79 Å². The number of anilines is 1. The van der Waals surface area contributed by atoms with Gasteiger partial charge >= 0.3 is 0 Å². The van der Waals surface area contributed by atoms with Crippen LogP contribution in [0.1, 0.15) is 42.1 Å². The van der Waals surface area contributed by atoms with Gasteiger partial charge in [0.1, 0.15) is 0 Å². The molecule has 0 saturated carbocycles. The summed E-state index contributed by atoms with van der Waals surface area (Å²) in [7, 11) is 0. The number of benzene rings is 2. The Hall–Kier alpha value is -1.36. The fourth-order valence-corrected chi connectivity index (χ4v) is 2.81. The molecule has 0 aliphatic carbocycles. The Morgan fingerprint density at radius 2 is 1.76 bits per heavy atom. The summed E-state index contributed by atoms with van der Waals surface area (Å²) in [5.41, 5.74) is 2.89. The summed E-state index contributed by atoms with van der Waals surface area (Å²) in [6, 6.07) is 15.8. The van der Waals surface area contributed by atoms with Crippen molar-refractivity contribution in [3.8, 4) is 0 Å². The Bertz CT molecular complexity index is 592. The smallest absolute Gasteiger partial charge is 0.256 e. The molecular weight excluding hydrogens is 373 g/mol. The minimum absolute atomic E-state index is 0.0567. The Kier molecular flexibility index (Phi) is 6.23. The molecule has 1 amide bonds. The Balaban J connectivity index is 1.97. The molecule has 0 fully saturated rings. The Morgan fingerprint density at radius 3 is 2.43 bits per heavy atom. The lowest BCUT2D eigenvalue weighted by Gasteiger charge is -2.08. The SMILES string of the molecule is CCCCCc1ccc(NC(=O)c2ccccc2I)cc1. The van der Waals surface area contributed by atoms with E-state index in [-0.39, 0.29) is 5.91 Å². The first kappa shape index (κ1) is 16.0. The third-order valence-electron chi connectivity index (χ3n) is 3.40. The number of halogens is 1. The molecule has 0 bridgehead atoms. The summed E-state index contributed by atoms with van der Waals surface area (Å²) in [6.07, 6.45) is 4.85. The third kappa shape index (κ3) is 4.84. The van der Waals surface area contributed by atoms with Crippen LogP contribution in [0.15, 0.2) is 48.5 Å². The normalized spacial score (nSPS) is 10.4. The molecule has 3 heteroatoms. The molecule has 0 atom stereocenters. The fraction of sp³-hybridized carbons (Fsp3) is 0.278. The predicted molar refractivity (Wildman–Crippen MR) is 96.8 cm³/mol. The van der Waals surface area contributed by atoms with Gasteiger partial charge in [0, 0.05) is 9.26 Å². The predicted octanol–water partition coefficient (Wildman–Crippen LogP) is 5.28. The van der Waals surface area contributed by atoms with Crippen molar-refractivity contribution in [1.82, 2.24) is 0 Å². The number of hydrogen-bond donors (Lipinski definition) is 1. The van der Waals surface area contributed by atoms with Crippen LogP contribution in [-0.2, 0) is 6.42 Å². The van der Waals surface area contributed by atoms with Gasteiger partial charge in [-0.2, -0.15) is 0 Å². The highest BCUT2D eigenvalue weighted by molar-refractivity contribution is 14.1.